The minimum atomic E-state index is -0.649. The van der Waals surface area contributed by atoms with Crippen LogP contribution in [0.25, 0.3) is 0 Å². The third-order valence-electron chi connectivity index (χ3n) is 2.69. The molecule has 0 aliphatic heterocycles. The Hall–Kier alpha value is -2.32. The Kier molecular flexibility index (Phi) is 5.41. The summed E-state index contributed by atoms with van der Waals surface area (Å²) in [5.41, 5.74) is 5.30. The van der Waals surface area contributed by atoms with Crippen LogP contribution in [0.2, 0.25) is 5.02 Å². The first kappa shape index (κ1) is 17.0. The summed E-state index contributed by atoms with van der Waals surface area (Å²) in [6.45, 7) is 1.54. The van der Waals surface area contributed by atoms with Crippen molar-refractivity contribution in [3.8, 4) is 11.5 Å². The number of rotatable bonds is 6. The number of methoxy groups -OCH3 is 1. The third-order valence-corrected chi connectivity index (χ3v) is 3.80. The molecule has 0 aliphatic rings. The number of nitrogens with two attached hydrogens (primary N) is 1. The van der Waals surface area contributed by atoms with E-state index >= 15 is 0 Å². The number of anilines is 1. The van der Waals surface area contributed by atoms with Crippen LogP contribution in [-0.2, 0) is 4.79 Å². The van der Waals surface area contributed by atoms with E-state index in [9.17, 15) is 9.59 Å². The van der Waals surface area contributed by atoms with E-state index in [1.807, 2.05) is 6.92 Å². The lowest BCUT2D eigenvalue weighted by atomic mass is 10.2. The molecule has 1 aromatic heterocycles. The first-order valence-electron chi connectivity index (χ1n) is 6.43. The summed E-state index contributed by atoms with van der Waals surface area (Å²) < 4.78 is 10.4. The van der Waals surface area contributed by atoms with Crippen molar-refractivity contribution in [3.63, 3.8) is 0 Å². The summed E-state index contributed by atoms with van der Waals surface area (Å²) in [6, 6.07) is 2.87. The second-order valence-corrected chi connectivity index (χ2v) is 6.12. The number of benzene rings is 1. The molecular weight excluding hydrogens is 342 g/mol. The molecule has 0 saturated heterocycles. The van der Waals surface area contributed by atoms with Gasteiger partial charge in [0.1, 0.15) is 0 Å². The molecule has 2 rings (SSSR count). The van der Waals surface area contributed by atoms with Crippen molar-refractivity contribution in [2.24, 2.45) is 5.73 Å². The van der Waals surface area contributed by atoms with Gasteiger partial charge in [-0.3, -0.25) is 14.9 Å². The fourth-order valence-corrected chi connectivity index (χ4v) is 2.64. The van der Waals surface area contributed by atoms with Crippen LogP contribution < -0.4 is 20.5 Å². The number of nitrogens with zero attached hydrogens (tertiary/aromatic N) is 1. The zero-order valence-corrected chi connectivity index (χ0v) is 14.0. The van der Waals surface area contributed by atoms with Gasteiger partial charge in [0.15, 0.2) is 23.2 Å². The lowest BCUT2D eigenvalue weighted by molar-refractivity contribution is -0.119. The Morgan fingerprint density at radius 1 is 1.43 bits per heavy atom. The van der Waals surface area contributed by atoms with Crippen LogP contribution in [0, 0.1) is 6.92 Å². The molecular formula is C14H14ClN3O4S. The number of aryl methyl sites for hydroxylation is 1. The average molecular weight is 356 g/mol. The van der Waals surface area contributed by atoms with Gasteiger partial charge in [-0.1, -0.05) is 11.6 Å². The highest BCUT2D eigenvalue weighted by molar-refractivity contribution is 7.15. The molecule has 0 unspecified atom stereocenters. The maximum atomic E-state index is 12.2. The first-order chi connectivity index (χ1) is 10.9. The molecule has 9 heteroatoms. The van der Waals surface area contributed by atoms with E-state index in [4.69, 9.17) is 26.8 Å². The number of carbonyl (C=O) groups excluding carboxylic acids is 2. The molecule has 0 atom stereocenters. The molecule has 0 fully saturated rings. The molecule has 0 spiro atoms. The second-order valence-electron chi connectivity index (χ2n) is 4.47. The van der Waals surface area contributed by atoms with Gasteiger partial charge in [0.2, 0.25) is 0 Å². The Bertz CT molecular complexity index is 748. The van der Waals surface area contributed by atoms with E-state index in [-0.39, 0.29) is 34.6 Å². The van der Waals surface area contributed by atoms with Gasteiger partial charge >= 0.3 is 0 Å². The molecule has 23 heavy (non-hydrogen) atoms. The number of carbonyl (C=O) groups is 2. The van der Waals surface area contributed by atoms with E-state index in [0.29, 0.717) is 5.13 Å². The third kappa shape index (κ3) is 4.33. The summed E-state index contributed by atoms with van der Waals surface area (Å²) >= 11 is 7.45. The average Bonchev–Trinajstić information content (AvgIpc) is 2.90. The summed E-state index contributed by atoms with van der Waals surface area (Å²) in [5, 5.41) is 3.28. The van der Waals surface area contributed by atoms with Gasteiger partial charge in [0, 0.05) is 16.6 Å². The first-order valence-corrected chi connectivity index (χ1v) is 7.62. The number of aromatic nitrogens is 1. The van der Waals surface area contributed by atoms with Crippen molar-refractivity contribution in [2.45, 2.75) is 6.92 Å². The van der Waals surface area contributed by atoms with Crippen LogP contribution in [0.4, 0.5) is 5.13 Å². The standard InChI is InChI=1S/C14H14ClN3O4S/c1-7-5-17-14(23-7)18-13(20)8-3-9(15)12(10(4-8)21-2)22-6-11(16)19/h3-5H,6H2,1-2H3,(H2,16,19)(H,17,18,20). The number of amides is 2. The monoisotopic (exact) mass is 355 g/mol. The molecule has 3 N–H and O–H groups in total. The van der Waals surface area contributed by atoms with Gasteiger partial charge in [-0.15, -0.1) is 11.3 Å². The molecule has 7 nitrogen and oxygen atoms in total. The van der Waals surface area contributed by atoms with E-state index in [0.717, 1.165) is 4.88 Å². The molecule has 2 aromatic rings. The van der Waals surface area contributed by atoms with Gasteiger partial charge in [-0.05, 0) is 19.1 Å². The second kappa shape index (κ2) is 7.30. The van der Waals surface area contributed by atoms with Crippen molar-refractivity contribution < 1.29 is 19.1 Å². The lowest BCUT2D eigenvalue weighted by Gasteiger charge is -2.13. The molecule has 1 heterocycles. The molecule has 1 aromatic carbocycles. The Balaban J connectivity index is 2.24. The van der Waals surface area contributed by atoms with Crippen LogP contribution >= 0.6 is 22.9 Å². The lowest BCUT2D eigenvalue weighted by Crippen LogP contribution is -2.20. The van der Waals surface area contributed by atoms with Crippen LogP contribution in [-0.4, -0.2) is 30.5 Å². The number of ether oxygens (including phenoxy) is 2. The van der Waals surface area contributed by atoms with Crippen molar-refractivity contribution in [2.75, 3.05) is 19.0 Å². The Labute approximate surface area is 141 Å². The van der Waals surface area contributed by atoms with Crippen LogP contribution in [0.1, 0.15) is 15.2 Å². The van der Waals surface area contributed by atoms with Gasteiger partial charge in [-0.25, -0.2) is 4.98 Å². The SMILES string of the molecule is COc1cc(C(=O)Nc2ncc(C)s2)cc(Cl)c1OCC(N)=O. The summed E-state index contributed by atoms with van der Waals surface area (Å²) in [7, 11) is 1.40. The van der Waals surface area contributed by atoms with Crippen LogP contribution in [0.5, 0.6) is 11.5 Å². The normalized spacial score (nSPS) is 10.2. The highest BCUT2D eigenvalue weighted by Gasteiger charge is 2.17. The van der Waals surface area contributed by atoms with Gasteiger partial charge < -0.3 is 15.2 Å². The van der Waals surface area contributed by atoms with E-state index in [1.54, 1.807) is 6.20 Å². The van der Waals surface area contributed by atoms with Crippen molar-refractivity contribution >= 4 is 39.9 Å². The number of thiazole rings is 1. The topological polar surface area (TPSA) is 104 Å². The van der Waals surface area contributed by atoms with Crippen LogP contribution in [0.15, 0.2) is 18.3 Å². The maximum absolute atomic E-state index is 12.2. The number of hydrogen-bond donors (Lipinski definition) is 2. The zero-order chi connectivity index (χ0) is 17.0. The predicted octanol–water partition coefficient (Wildman–Crippen LogP) is 2.23. The van der Waals surface area contributed by atoms with Crippen molar-refractivity contribution in [1.29, 1.82) is 0 Å². The molecule has 0 saturated carbocycles. The highest BCUT2D eigenvalue weighted by Crippen LogP contribution is 2.36. The largest absolute Gasteiger partial charge is 0.493 e. The Morgan fingerprint density at radius 2 is 2.17 bits per heavy atom. The number of hydrogen-bond acceptors (Lipinski definition) is 6. The Morgan fingerprint density at radius 3 is 2.74 bits per heavy atom. The van der Waals surface area contributed by atoms with E-state index in [1.165, 1.54) is 30.6 Å². The van der Waals surface area contributed by atoms with Crippen molar-refractivity contribution in [3.05, 3.63) is 33.8 Å². The number of primary amides is 1. The zero-order valence-electron chi connectivity index (χ0n) is 12.4. The fraction of sp³-hybridized carbons (Fsp3) is 0.214. The quantitative estimate of drug-likeness (QED) is 0.826. The molecule has 0 bridgehead atoms. The summed E-state index contributed by atoms with van der Waals surface area (Å²) in [5.74, 6) is -0.668. The van der Waals surface area contributed by atoms with Gasteiger partial charge in [0.05, 0.1) is 12.1 Å². The molecule has 122 valence electrons. The molecule has 0 aliphatic carbocycles. The fourth-order valence-electron chi connectivity index (χ4n) is 1.72. The van der Waals surface area contributed by atoms with Crippen molar-refractivity contribution in [1.82, 2.24) is 4.98 Å². The maximum Gasteiger partial charge on any atom is 0.257 e. The predicted molar refractivity (Wildman–Crippen MR) is 87.5 cm³/mol. The highest BCUT2D eigenvalue weighted by atomic mass is 35.5. The van der Waals surface area contributed by atoms with E-state index in [2.05, 4.69) is 10.3 Å². The molecule has 2 amide bonds. The number of nitrogens with one attached hydrogen (secondary N) is 1. The van der Waals surface area contributed by atoms with Gasteiger partial charge in [0.25, 0.3) is 11.8 Å². The number of halogens is 1. The molecule has 0 radical (unpaired) electrons. The summed E-state index contributed by atoms with van der Waals surface area (Å²) in [4.78, 5) is 28.1. The smallest absolute Gasteiger partial charge is 0.257 e. The van der Waals surface area contributed by atoms with Gasteiger partial charge in [-0.2, -0.15) is 0 Å². The van der Waals surface area contributed by atoms with Crippen LogP contribution in [0.3, 0.4) is 0 Å². The minimum Gasteiger partial charge on any atom is -0.493 e. The van der Waals surface area contributed by atoms with E-state index < -0.39 is 5.91 Å². The summed E-state index contributed by atoms with van der Waals surface area (Å²) in [6.07, 6.45) is 1.66. The minimum absolute atomic E-state index is 0.131.